The number of hydrogen-bond donors (Lipinski definition) is 0. The molecule has 0 fully saturated rings. The fourth-order valence-corrected chi connectivity index (χ4v) is 5.19. The molecular weight excluding hydrogens is 582 g/mol. The molecule has 0 saturated heterocycles. The zero-order valence-corrected chi connectivity index (χ0v) is 30.5. The van der Waals surface area contributed by atoms with Crippen molar-refractivity contribution in [3.05, 3.63) is 109 Å². The van der Waals surface area contributed by atoms with Crippen LogP contribution in [0.3, 0.4) is 0 Å². The van der Waals surface area contributed by atoms with Crippen molar-refractivity contribution in [1.29, 1.82) is 0 Å². The first-order valence-corrected chi connectivity index (χ1v) is 14.5. The Morgan fingerprint density at radius 3 is 1.02 bits per heavy atom. The van der Waals surface area contributed by atoms with Gasteiger partial charge in [0.2, 0.25) is 0 Å². The molecular formula is C37H54MoN3. The van der Waals surface area contributed by atoms with Gasteiger partial charge in [-0.1, -0.05) is 161 Å². The van der Waals surface area contributed by atoms with Crippen molar-refractivity contribution in [2.24, 2.45) is 5.41 Å². The van der Waals surface area contributed by atoms with Gasteiger partial charge in [0.1, 0.15) is 0 Å². The van der Waals surface area contributed by atoms with E-state index >= 15 is 0 Å². The van der Waals surface area contributed by atoms with Crippen LogP contribution in [-0.4, -0.2) is 11.1 Å². The van der Waals surface area contributed by atoms with E-state index in [1.807, 2.05) is 0 Å². The standard InChI is InChI=1S/C25H36N2.C12H18N.Mo/c1-17-11-18(2)14-21(13-17)25(23(5,6)7,27-24(8,9)10)26-22-15-19(3)12-20(4)16-22;1-9-6-10(2)8-11(7-9)13-12(3,4)5;/h11-16H,1-10H3;6-8H,1-5H3;/q-2;-1;+3/t25-;;/m0../s1. The average Bonchev–Trinajstić information content (AvgIpc) is 2.68. The van der Waals surface area contributed by atoms with Crippen LogP contribution in [0, 0.1) is 47.0 Å². The van der Waals surface area contributed by atoms with Gasteiger partial charge in [0.05, 0.1) is 0 Å². The first-order chi connectivity index (χ1) is 18.1. The van der Waals surface area contributed by atoms with E-state index in [4.69, 9.17) is 10.6 Å². The zero-order valence-electron chi connectivity index (χ0n) is 28.4. The fourth-order valence-electron chi connectivity index (χ4n) is 5.19. The summed E-state index contributed by atoms with van der Waals surface area (Å²) < 4.78 is 0. The number of aryl methyl sites for hydroxylation is 6. The summed E-state index contributed by atoms with van der Waals surface area (Å²) in [7, 11) is 0. The van der Waals surface area contributed by atoms with Crippen LogP contribution >= 0.6 is 0 Å². The summed E-state index contributed by atoms with van der Waals surface area (Å²) in [5, 5.41) is 15.3. The summed E-state index contributed by atoms with van der Waals surface area (Å²) in [6.45, 7) is 32.3. The molecule has 4 heteroatoms. The van der Waals surface area contributed by atoms with Gasteiger partial charge in [0.15, 0.2) is 0 Å². The van der Waals surface area contributed by atoms with Crippen molar-refractivity contribution in [3.63, 3.8) is 0 Å². The molecule has 0 aliphatic heterocycles. The van der Waals surface area contributed by atoms with Crippen molar-refractivity contribution in [2.75, 3.05) is 0 Å². The van der Waals surface area contributed by atoms with Crippen molar-refractivity contribution in [3.8, 4) is 0 Å². The Morgan fingerprint density at radius 2 is 0.732 bits per heavy atom. The molecule has 3 rings (SSSR count). The topological polar surface area (TPSA) is 42.3 Å². The molecule has 1 radical (unpaired) electrons. The van der Waals surface area contributed by atoms with Gasteiger partial charge in [-0.15, -0.1) is 22.5 Å². The van der Waals surface area contributed by atoms with Crippen LogP contribution in [0.2, 0.25) is 0 Å². The molecule has 0 aromatic heterocycles. The molecule has 0 aliphatic rings. The Hall–Kier alpha value is -2.09. The van der Waals surface area contributed by atoms with Gasteiger partial charge < -0.3 is 16.0 Å². The normalized spacial score (nSPS) is 13.3. The minimum Gasteiger partial charge on any atom is -0.693 e. The molecule has 3 aromatic rings. The van der Waals surface area contributed by atoms with E-state index in [2.05, 4.69) is 164 Å². The summed E-state index contributed by atoms with van der Waals surface area (Å²) in [5.74, 6) is 0. The summed E-state index contributed by atoms with van der Waals surface area (Å²) in [6.07, 6.45) is 0. The molecule has 0 unspecified atom stereocenters. The van der Waals surface area contributed by atoms with Gasteiger partial charge in [-0.2, -0.15) is 5.66 Å². The largest absolute Gasteiger partial charge is 3.00 e. The molecule has 0 saturated carbocycles. The maximum atomic E-state index is 5.35. The summed E-state index contributed by atoms with van der Waals surface area (Å²) in [4.78, 5) is 0. The molecule has 0 N–H and O–H groups in total. The maximum absolute atomic E-state index is 5.35. The first-order valence-electron chi connectivity index (χ1n) is 14.5. The van der Waals surface area contributed by atoms with Crippen molar-refractivity contribution in [2.45, 2.75) is 121 Å². The summed E-state index contributed by atoms with van der Waals surface area (Å²) >= 11 is 0. The third-order valence-electron chi connectivity index (χ3n) is 6.34. The number of nitrogens with zero attached hydrogens (tertiary/aromatic N) is 3. The average molecular weight is 637 g/mol. The maximum Gasteiger partial charge on any atom is 3.00 e. The fraction of sp³-hybridized carbons (Fsp3) is 0.514. The van der Waals surface area contributed by atoms with E-state index in [0.29, 0.717) is 0 Å². The van der Waals surface area contributed by atoms with E-state index in [1.165, 1.54) is 38.9 Å². The molecule has 0 heterocycles. The van der Waals surface area contributed by atoms with Crippen LogP contribution < -0.4 is 0 Å². The molecule has 41 heavy (non-hydrogen) atoms. The Labute approximate surface area is 267 Å². The van der Waals surface area contributed by atoms with E-state index < -0.39 is 5.66 Å². The molecule has 0 bridgehead atoms. The minimum absolute atomic E-state index is 0. The van der Waals surface area contributed by atoms with E-state index in [-0.39, 0.29) is 37.6 Å². The third kappa shape index (κ3) is 11.6. The van der Waals surface area contributed by atoms with E-state index in [1.54, 1.807) is 0 Å². The predicted octanol–water partition coefficient (Wildman–Crippen LogP) is 12.1. The van der Waals surface area contributed by atoms with Crippen molar-refractivity contribution < 1.29 is 21.1 Å². The molecule has 1 atom stereocenters. The van der Waals surface area contributed by atoms with Crippen molar-refractivity contribution in [1.82, 2.24) is 0 Å². The monoisotopic (exact) mass is 638 g/mol. The smallest absolute Gasteiger partial charge is 0.693 e. The van der Waals surface area contributed by atoms with Crippen LogP contribution in [0.5, 0.6) is 0 Å². The Balaban J connectivity index is 0.000000505. The van der Waals surface area contributed by atoms with Gasteiger partial charge in [0, 0.05) is 0 Å². The third-order valence-corrected chi connectivity index (χ3v) is 6.34. The second kappa shape index (κ2) is 13.9. The Bertz CT molecular complexity index is 1230. The quantitative estimate of drug-likeness (QED) is 0.250. The number of hydrogen-bond acceptors (Lipinski definition) is 0. The van der Waals surface area contributed by atoms with Gasteiger partial charge in [-0.05, 0) is 41.5 Å². The number of rotatable bonds is 5. The van der Waals surface area contributed by atoms with Crippen molar-refractivity contribution >= 4 is 11.4 Å². The van der Waals surface area contributed by atoms with Gasteiger partial charge >= 0.3 is 21.1 Å². The SMILES string of the molecule is Cc1cc(C)cc([N-]C(C)(C)C)c1.Cc1cc(C)cc([N-][C@]([N-]C(C)(C)C)(c2cc(C)cc(C)c2)C(C)(C)C)c1.[Mo+3]. The second-order valence-corrected chi connectivity index (χ2v) is 14.7. The van der Waals surface area contributed by atoms with E-state index in [0.717, 1.165) is 11.4 Å². The predicted molar refractivity (Wildman–Crippen MR) is 178 cm³/mol. The van der Waals surface area contributed by atoms with Crippen LogP contribution in [0.25, 0.3) is 16.0 Å². The van der Waals surface area contributed by atoms with Gasteiger partial charge in [-0.3, -0.25) is 0 Å². The van der Waals surface area contributed by atoms with Crippen LogP contribution in [-0.2, 0) is 26.7 Å². The molecule has 3 nitrogen and oxygen atoms in total. The second-order valence-electron chi connectivity index (χ2n) is 14.7. The first kappa shape index (κ1) is 36.9. The summed E-state index contributed by atoms with van der Waals surface area (Å²) in [6, 6.07) is 19.6. The van der Waals surface area contributed by atoms with Crippen LogP contribution in [0.4, 0.5) is 11.4 Å². The van der Waals surface area contributed by atoms with E-state index in [9.17, 15) is 0 Å². The van der Waals surface area contributed by atoms with Crippen LogP contribution in [0.15, 0.2) is 54.6 Å². The Kier molecular flexibility index (Phi) is 12.5. The number of benzene rings is 3. The molecule has 0 aliphatic carbocycles. The zero-order chi connectivity index (χ0) is 30.7. The Morgan fingerprint density at radius 1 is 0.415 bits per heavy atom. The van der Waals surface area contributed by atoms with Crippen LogP contribution in [0.1, 0.15) is 101 Å². The molecule has 0 spiro atoms. The molecule has 0 amide bonds. The minimum atomic E-state index is -0.664. The molecule has 223 valence electrons. The van der Waals surface area contributed by atoms with Gasteiger partial charge in [0.25, 0.3) is 0 Å². The molecule has 3 aromatic carbocycles. The van der Waals surface area contributed by atoms with Gasteiger partial charge in [-0.25, -0.2) is 0 Å². The summed E-state index contributed by atoms with van der Waals surface area (Å²) in [5.41, 5.74) is 9.72.